The second-order valence-electron chi connectivity index (χ2n) is 8.90. The topological polar surface area (TPSA) is 52.7 Å². The van der Waals surface area contributed by atoms with Crippen LogP contribution in [0.4, 0.5) is 0 Å². The Labute approximate surface area is 176 Å². The Morgan fingerprint density at radius 1 is 1.10 bits per heavy atom. The van der Waals surface area contributed by atoms with E-state index in [1.54, 1.807) is 0 Å². The van der Waals surface area contributed by atoms with Crippen LogP contribution >= 0.6 is 0 Å². The van der Waals surface area contributed by atoms with E-state index in [2.05, 4.69) is 50.4 Å². The number of carbonyl (C=O) groups excluding carboxylic acids is 2. The van der Waals surface area contributed by atoms with Gasteiger partial charge in [-0.3, -0.25) is 9.59 Å². The third-order valence-corrected chi connectivity index (χ3v) is 6.21. The lowest BCUT2D eigenvalue weighted by Gasteiger charge is -2.34. The van der Waals surface area contributed by atoms with Crippen LogP contribution < -0.4 is 5.32 Å². The van der Waals surface area contributed by atoms with Crippen molar-refractivity contribution in [1.82, 2.24) is 15.1 Å². The molecule has 162 valence electrons. The molecule has 0 spiro atoms. The van der Waals surface area contributed by atoms with Gasteiger partial charge in [-0.25, -0.2) is 0 Å². The number of nitrogens with one attached hydrogen (secondary N) is 1. The summed E-state index contributed by atoms with van der Waals surface area (Å²) < 4.78 is 0. The molecule has 1 heterocycles. The number of benzene rings is 1. The van der Waals surface area contributed by atoms with Gasteiger partial charge in [-0.05, 0) is 50.2 Å². The molecule has 1 atom stereocenters. The molecule has 1 aromatic rings. The Morgan fingerprint density at radius 3 is 2.17 bits per heavy atom. The van der Waals surface area contributed by atoms with Crippen molar-refractivity contribution in [2.75, 3.05) is 26.7 Å². The number of likely N-dealkylation sites (tertiary alicyclic amines) is 1. The van der Waals surface area contributed by atoms with Crippen LogP contribution in [0.3, 0.4) is 0 Å². The molecule has 1 fully saturated rings. The van der Waals surface area contributed by atoms with Gasteiger partial charge in [0.05, 0.1) is 6.54 Å². The van der Waals surface area contributed by atoms with Gasteiger partial charge in [0.25, 0.3) is 0 Å². The van der Waals surface area contributed by atoms with E-state index in [-0.39, 0.29) is 29.8 Å². The van der Waals surface area contributed by atoms with Gasteiger partial charge in [-0.15, -0.1) is 0 Å². The smallest absolute Gasteiger partial charge is 0.236 e. The minimum atomic E-state index is 0.0416. The molecule has 0 aromatic heterocycles. The van der Waals surface area contributed by atoms with Crippen molar-refractivity contribution in [3.63, 3.8) is 0 Å². The Hall–Kier alpha value is -1.88. The standard InChI is InChI=1S/C24H39N3O2/c1-7-19-8-10-20(11-9-19)23(17(2)3)25-16-22(28)27-14-12-21(13-15-27)24(29)26(6)18(4)5/h8-11,17-18,21,23,25H,7,12-16H2,1-6H3. The van der Waals surface area contributed by atoms with Gasteiger partial charge in [0.2, 0.25) is 11.8 Å². The van der Waals surface area contributed by atoms with Crippen LogP contribution in [0.25, 0.3) is 0 Å². The van der Waals surface area contributed by atoms with Crippen molar-refractivity contribution in [1.29, 1.82) is 0 Å². The zero-order chi connectivity index (χ0) is 21.6. The monoisotopic (exact) mass is 401 g/mol. The van der Waals surface area contributed by atoms with Crippen LogP contribution in [-0.4, -0.2) is 54.3 Å². The molecule has 0 aliphatic carbocycles. The average molecular weight is 402 g/mol. The summed E-state index contributed by atoms with van der Waals surface area (Å²) in [5, 5.41) is 3.47. The van der Waals surface area contributed by atoms with Crippen molar-refractivity contribution in [2.45, 2.75) is 66.0 Å². The molecule has 0 bridgehead atoms. The molecule has 2 rings (SSSR count). The minimum Gasteiger partial charge on any atom is -0.343 e. The van der Waals surface area contributed by atoms with Crippen LogP contribution in [0.5, 0.6) is 0 Å². The number of carbonyl (C=O) groups is 2. The van der Waals surface area contributed by atoms with E-state index in [0.717, 1.165) is 19.3 Å². The number of hydrogen-bond donors (Lipinski definition) is 1. The van der Waals surface area contributed by atoms with Crippen molar-refractivity contribution in [3.05, 3.63) is 35.4 Å². The molecular formula is C24H39N3O2. The van der Waals surface area contributed by atoms with E-state index < -0.39 is 0 Å². The maximum Gasteiger partial charge on any atom is 0.236 e. The maximum absolute atomic E-state index is 12.7. The quantitative estimate of drug-likeness (QED) is 0.723. The highest BCUT2D eigenvalue weighted by Gasteiger charge is 2.30. The van der Waals surface area contributed by atoms with Gasteiger partial charge in [0, 0.05) is 38.1 Å². The minimum absolute atomic E-state index is 0.0416. The van der Waals surface area contributed by atoms with E-state index in [9.17, 15) is 9.59 Å². The summed E-state index contributed by atoms with van der Waals surface area (Å²) in [5.74, 6) is 0.773. The highest BCUT2D eigenvalue weighted by molar-refractivity contribution is 5.81. The number of piperidine rings is 1. The van der Waals surface area contributed by atoms with Crippen molar-refractivity contribution in [3.8, 4) is 0 Å². The van der Waals surface area contributed by atoms with Crippen molar-refractivity contribution in [2.24, 2.45) is 11.8 Å². The summed E-state index contributed by atoms with van der Waals surface area (Å²) in [5.41, 5.74) is 2.55. The molecule has 1 saturated heterocycles. The summed E-state index contributed by atoms with van der Waals surface area (Å²) in [6.07, 6.45) is 2.55. The second-order valence-corrected chi connectivity index (χ2v) is 8.90. The predicted octanol–water partition coefficient (Wildman–Crippen LogP) is 3.64. The second kappa shape index (κ2) is 10.8. The fourth-order valence-corrected chi connectivity index (χ4v) is 3.93. The molecular weight excluding hydrogens is 362 g/mol. The van der Waals surface area contributed by atoms with E-state index in [0.29, 0.717) is 25.6 Å². The van der Waals surface area contributed by atoms with Gasteiger partial charge in [-0.1, -0.05) is 45.0 Å². The molecule has 1 aromatic carbocycles. The normalized spacial score (nSPS) is 16.3. The third kappa shape index (κ3) is 6.30. The largest absolute Gasteiger partial charge is 0.343 e. The lowest BCUT2D eigenvalue weighted by atomic mass is 9.94. The van der Waals surface area contributed by atoms with E-state index in [1.165, 1.54) is 11.1 Å². The van der Waals surface area contributed by atoms with Crippen molar-refractivity contribution >= 4 is 11.8 Å². The zero-order valence-corrected chi connectivity index (χ0v) is 19.1. The third-order valence-electron chi connectivity index (χ3n) is 6.21. The highest BCUT2D eigenvalue weighted by Crippen LogP contribution is 2.23. The lowest BCUT2D eigenvalue weighted by molar-refractivity contribution is -0.140. The first-order valence-corrected chi connectivity index (χ1v) is 11.1. The number of nitrogens with zero attached hydrogens (tertiary/aromatic N) is 2. The molecule has 1 aliphatic rings. The van der Waals surface area contributed by atoms with Crippen LogP contribution in [0.15, 0.2) is 24.3 Å². The molecule has 5 nitrogen and oxygen atoms in total. The number of rotatable bonds is 8. The molecule has 2 amide bonds. The van der Waals surface area contributed by atoms with Crippen LogP contribution in [0.2, 0.25) is 0 Å². The van der Waals surface area contributed by atoms with Gasteiger partial charge >= 0.3 is 0 Å². The van der Waals surface area contributed by atoms with Gasteiger partial charge in [-0.2, -0.15) is 0 Å². The summed E-state index contributed by atoms with van der Waals surface area (Å²) in [6, 6.07) is 9.05. The highest BCUT2D eigenvalue weighted by atomic mass is 16.2. The number of aryl methyl sites for hydroxylation is 1. The Morgan fingerprint density at radius 2 is 1.69 bits per heavy atom. The first kappa shape index (κ1) is 23.4. The summed E-state index contributed by atoms with van der Waals surface area (Å²) >= 11 is 0. The number of amides is 2. The molecule has 1 unspecified atom stereocenters. The summed E-state index contributed by atoms with van der Waals surface area (Å²) in [6.45, 7) is 12.2. The van der Waals surface area contributed by atoms with Crippen LogP contribution in [0, 0.1) is 11.8 Å². The van der Waals surface area contributed by atoms with E-state index in [4.69, 9.17) is 0 Å². The SMILES string of the molecule is CCc1ccc(C(NCC(=O)N2CCC(C(=O)N(C)C(C)C)CC2)C(C)C)cc1. The predicted molar refractivity (Wildman–Crippen MR) is 119 cm³/mol. The van der Waals surface area contributed by atoms with E-state index >= 15 is 0 Å². The van der Waals surface area contributed by atoms with Gasteiger partial charge < -0.3 is 15.1 Å². The fraction of sp³-hybridized carbons (Fsp3) is 0.667. The Balaban J connectivity index is 1.87. The summed E-state index contributed by atoms with van der Waals surface area (Å²) in [4.78, 5) is 29.0. The number of hydrogen-bond acceptors (Lipinski definition) is 3. The van der Waals surface area contributed by atoms with Crippen LogP contribution in [0.1, 0.15) is 64.6 Å². The molecule has 1 N–H and O–H groups in total. The Kier molecular flexibility index (Phi) is 8.69. The zero-order valence-electron chi connectivity index (χ0n) is 19.1. The first-order valence-electron chi connectivity index (χ1n) is 11.1. The molecule has 0 radical (unpaired) electrons. The molecule has 29 heavy (non-hydrogen) atoms. The molecule has 0 saturated carbocycles. The Bertz CT molecular complexity index is 661. The molecule has 5 heteroatoms. The summed E-state index contributed by atoms with van der Waals surface area (Å²) in [7, 11) is 1.87. The van der Waals surface area contributed by atoms with Crippen LogP contribution in [-0.2, 0) is 16.0 Å². The maximum atomic E-state index is 12.7. The average Bonchev–Trinajstić information content (AvgIpc) is 2.72. The van der Waals surface area contributed by atoms with Gasteiger partial charge in [0.15, 0.2) is 0 Å². The van der Waals surface area contributed by atoms with Gasteiger partial charge in [0.1, 0.15) is 0 Å². The fourth-order valence-electron chi connectivity index (χ4n) is 3.93. The van der Waals surface area contributed by atoms with E-state index in [1.807, 2.05) is 30.7 Å². The lowest BCUT2D eigenvalue weighted by Crippen LogP contribution is -2.47. The molecule has 1 aliphatic heterocycles. The van der Waals surface area contributed by atoms with Crippen molar-refractivity contribution < 1.29 is 9.59 Å². The first-order chi connectivity index (χ1) is 13.7.